The van der Waals surface area contributed by atoms with Crippen molar-refractivity contribution in [2.45, 2.75) is 0 Å². The first-order chi connectivity index (χ1) is 10.6. The van der Waals surface area contributed by atoms with Crippen LogP contribution in [0.3, 0.4) is 0 Å². The molecule has 0 amide bonds. The quantitative estimate of drug-likeness (QED) is 0.459. The zero-order valence-corrected chi connectivity index (χ0v) is 13.7. The van der Waals surface area contributed by atoms with E-state index in [1.165, 1.54) is 7.11 Å². The van der Waals surface area contributed by atoms with E-state index >= 15 is 0 Å². The summed E-state index contributed by atoms with van der Waals surface area (Å²) >= 11 is 2.03. The van der Waals surface area contributed by atoms with Gasteiger partial charge in [0.05, 0.1) is 27.4 Å². The zero-order chi connectivity index (χ0) is 15.7. The Labute approximate surface area is 139 Å². The minimum Gasteiger partial charge on any atom is -0.504 e. The van der Waals surface area contributed by atoms with Crippen molar-refractivity contribution in [3.8, 4) is 11.5 Å². The van der Waals surface area contributed by atoms with E-state index in [9.17, 15) is 9.90 Å². The lowest BCUT2D eigenvalue weighted by atomic mass is 10.2. The number of nitrogens with one attached hydrogen (secondary N) is 2. The molecule has 0 bridgehead atoms. The smallest absolute Gasteiger partial charge is 0.323 e. The van der Waals surface area contributed by atoms with Gasteiger partial charge in [0.2, 0.25) is 0 Å². The number of aliphatic imine (C=N–C) groups is 1. The van der Waals surface area contributed by atoms with Crippen LogP contribution in [0.5, 0.6) is 11.5 Å². The number of methoxy groups -OCH3 is 1. The maximum absolute atomic E-state index is 11.2. The number of fused-ring (bicyclic) bond motifs is 1. The number of nitrogens with zero attached hydrogens (tertiary/aromatic N) is 1. The van der Waals surface area contributed by atoms with E-state index in [0.717, 1.165) is 11.1 Å². The molecule has 0 spiro atoms. The molecule has 3 rings (SSSR count). The van der Waals surface area contributed by atoms with Crippen LogP contribution in [0.15, 0.2) is 40.1 Å². The van der Waals surface area contributed by atoms with Gasteiger partial charge in [0, 0.05) is 6.21 Å². The molecule has 0 aliphatic heterocycles. The molecule has 0 aliphatic rings. The molecule has 0 aliphatic carbocycles. The minimum absolute atomic E-state index is 0.117. The number of phenols is 1. The third-order valence-corrected chi connectivity index (χ3v) is 3.96. The van der Waals surface area contributed by atoms with Crippen LogP contribution in [-0.2, 0) is 0 Å². The molecule has 0 atom stereocenters. The molecule has 2 aromatic carbocycles. The highest BCUT2D eigenvalue weighted by atomic mass is 127. The lowest BCUT2D eigenvalue weighted by Crippen LogP contribution is -1.99. The van der Waals surface area contributed by atoms with Crippen LogP contribution < -0.4 is 10.4 Å². The van der Waals surface area contributed by atoms with E-state index < -0.39 is 0 Å². The largest absolute Gasteiger partial charge is 0.504 e. The Kier molecular flexibility index (Phi) is 3.88. The number of rotatable bonds is 3. The number of hydrogen-bond donors (Lipinski definition) is 3. The maximum Gasteiger partial charge on any atom is 0.323 e. The fourth-order valence-corrected chi connectivity index (χ4v) is 2.70. The molecule has 0 unspecified atom stereocenters. The Balaban J connectivity index is 1.95. The average Bonchev–Trinajstić information content (AvgIpc) is 2.87. The second-order valence-electron chi connectivity index (χ2n) is 4.62. The summed E-state index contributed by atoms with van der Waals surface area (Å²) in [5.74, 6) is 0.519. The van der Waals surface area contributed by atoms with Gasteiger partial charge in [-0.1, -0.05) is 0 Å². The summed E-state index contributed by atoms with van der Waals surface area (Å²) in [4.78, 5) is 21.0. The Morgan fingerprint density at radius 1 is 1.23 bits per heavy atom. The molecule has 0 saturated carbocycles. The van der Waals surface area contributed by atoms with Gasteiger partial charge in [0.25, 0.3) is 0 Å². The molecule has 7 heteroatoms. The first-order valence-corrected chi connectivity index (χ1v) is 7.47. The second kappa shape index (κ2) is 5.84. The van der Waals surface area contributed by atoms with Crippen LogP contribution in [0.1, 0.15) is 5.56 Å². The molecule has 3 N–H and O–H groups in total. The molecule has 0 saturated heterocycles. The van der Waals surface area contributed by atoms with Crippen molar-refractivity contribution in [2.75, 3.05) is 7.11 Å². The number of phenolic OH excluding ortho intramolecular Hbond substituents is 1. The summed E-state index contributed by atoms with van der Waals surface area (Å²) in [5, 5.41) is 9.81. The Morgan fingerprint density at radius 2 is 2.00 bits per heavy atom. The highest BCUT2D eigenvalue weighted by molar-refractivity contribution is 14.1. The number of aromatic hydroxyl groups is 1. The number of aromatic nitrogens is 2. The summed E-state index contributed by atoms with van der Waals surface area (Å²) < 4.78 is 5.80. The summed E-state index contributed by atoms with van der Waals surface area (Å²) in [6.45, 7) is 0. The molecular weight excluding hydrogens is 397 g/mol. The number of H-pyrrole nitrogens is 2. The third kappa shape index (κ3) is 2.84. The number of hydrogen-bond acceptors (Lipinski definition) is 4. The van der Waals surface area contributed by atoms with Gasteiger partial charge in [-0.3, -0.25) is 4.99 Å². The van der Waals surface area contributed by atoms with Gasteiger partial charge in [0.1, 0.15) is 0 Å². The Bertz CT molecular complexity index is 927. The summed E-state index contributed by atoms with van der Waals surface area (Å²) in [6, 6.07) is 8.90. The average molecular weight is 409 g/mol. The number of benzene rings is 2. The molecular formula is C15H12IN3O3. The van der Waals surface area contributed by atoms with E-state index in [0.29, 0.717) is 20.5 Å². The molecule has 22 heavy (non-hydrogen) atoms. The second-order valence-corrected chi connectivity index (χ2v) is 5.78. The third-order valence-electron chi connectivity index (χ3n) is 3.13. The van der Waals surface area contributed by atoms with Crippen molar-refractivity contribution in [2.24, 2.45) is 4.99 Å². The van der Waals surface area contributed by atoms with E-state index in [1.54, 1.807) is 30.5 Å². The first kappa shape index (κ1) is 14.6. The normalized spacial score (nSPS) is 11.4. The molecule has 0 fully saturated rings. The van der Waals surface area contributed by atoms with Crippen LogP contribution in [0.4, 0.5) is 5.69 Å². The van der Waals surface area contributed by atoms with E-state index in [1.807, 2.05) is 28.7 Å². The number of aromatic amines is 2. The van der Waals surface area contributed by atoms with Crippen LogP contribution in [0, 0.1) is 3.57 Å². The summed E-state index contributed by atoms with van der Waals surface area (Å²) in [7, 11) is 1.50. The van der Waals surface area contributed by atoms with Gasteiger partial charge in [-0.15, -0.1) is 0 Å². The van der Waals surface area contributed by atoms with Gasteiger partial charge < -0.3 is 19.8 Å². The fourth-order valence-electron chi connectivity index (χ4n) is 2.07. The standard InChI is InChI=1S/C15H12IN3O3/c1-22-13-5-8(4-10(16)14(13)20)7-17-9-2-3-11-12(6-9)19-15(21)18-11/h2-7,20H,1H3,(H2,18,19,21). The zero-order valence-electron chi connectivity index (χ0n) is 11.6. The monoisotopic (exact) mass is 409 g/mol. The molecule has 112 valence electrons. The van der Waals surface area contributed by atoms with Gasteiger partial charge in [0.15, 0.2) is 11.5 Å². The molecule has 1 heterocycles. The molecule has 0 radical (unpaired) electrons. The van der Waals surface area contributed by atoms with Gasteiger partial charge in [-0.2, -0.15) is 0 Å². The van der Waals surface area contributed by atoms with Crippen molar-refractivity contribution in [1.29, 1.82) is 0 Å². The van der Waals surface area contributed by atoms with Crippen molar-refractivity contribution in [3.05, 3.63) is 49.9 Å². The lowest BCUT2D eigenvalue weighted by Gasteiger charge is -2.06. The highest BCUT2D eigenvalue weighted by Gasteiger charge is 2.07. The predicted octanol–water partition coefficient (Wildman–Crippen LogP) is 2.93. The van der Waals surface area contributed by atoms with Crippen molar-refractivity contribution in [3.63, 3.8) is 0 Å². The van der Waals surface area contributed by atoms with Crippen LogP contribution >= 0.6 is 22.6 Å². The number of halogens is 1. The fraction of sp³-hybridized carbons (Fsp3) is 0.0667. The molecule has 3 aromatic rings. The van der Waals surface area contributed by atoms with Crippen LogP contribution in [0.25, 0.3) is 11.0 Å². The molecule has 6 nitrogen and oxygen atoms in total. The predicted molar refractivity (Wildman–Crippen MR) is 93.5 cm³/mol. The number of imidazole rings is 1. The van der Waals surface area contributed by atoms with Crippen molar-refractivity contribution < 1.29 is 9.84 Å². The van der Waals surface area contributed by atoms with Crippen molar-refractivity contribution in [1.82, 2.24) is 9.97 Å². The highest BCUT2D eigenvalue weighted by Crippen LogP contribution is 2.32. The molecule has 1 aromatic heterocycles. The van der Waals surface area contributed by atoms with Crippen LogP contribution in [-0.4, -0.2) is 28.4 Å². The van der Waals surface area contributed by atoms with Gasteiger partial charge in [-0.05, 0) is 58.5 Å². The minimum atomic E-state index is -0.242. The number of ether oxygens (including phenoxy) is 1. The van der Waals surface area contributed by atoms with E-state index in [-0.39, 0.29) is 11.4 Å². The Morgan fingerprint density at radius 3 is 2.77 bits per heavy atom. The van der Waals surface area contributed by atoms with Crippen LogP contribution in [0.2, 0.25) is 0 Å². The lowest BCUT2D eigenvalue weighted by molar-refractivity contribution is 0.371. The maximum atomic E-state index is 11.2. The summed E-state index contributed by atoms with van der Waals surface area (Å²) in [6.07, 6.45) is 1.68. The topological polar surface area (TPSA) is 90.5 Å². The van der Waals surface area contributed by atoms with Gasteiger partial charge >= 0.3 is 5.69 Å². The van der Waals surface area contributed by atoms with E-state index in [4.69, 9.17) is 4.74 Å². The SMILES string of the molecule is COc1cc(C=Nc2ccc3[nH]c(=O)[nH]c3c2)cc(I)c1O. The Hall–Kier alpha value is -2.29. The summed E-state index contributed by atoms with van der Waals surface area (Å²) in [5.41, 5.74) is 2.72. The van der Waals surface area contributed by atoms with E-state index in [2.05, 4.69) is 15.0 Å². The first-order valence-electron chi connectivity index (χ1n) is 6.39. The van der Waals surface area contributed by atoms with Crippen molar-refractivity contribution >= 4 is 45.5 Å². The van der Waals surface area contributed by atoms with Gasteiger partial charge in [-0.25, -0.2) is 4.79 Å².